The van der Waals surface area contributed by atoms with Crippen molar-refractivity contribution in [2.45, 2.75) is 33.2 Å². The highest BCUT2D eigenvalue weighted by molar-refractivity contribution is 6.00. The summed E-state index contributed by atoms with van der Waals surface area (Å²) < 4.78 is 5.94. The highest BCUT2D eigenvalue weighted by atomic mass is 16.5. The molecule has 0 radical (unpaired) electrons. The maximum atomic E-state index is 12.8. The predicted octanol–water partition coefficient (Wildman–Crippen LogP) is 2.34. The molecule has 1 aliphatic heterocycles. The van der Waals surface area contributed by atoms with Gasteiger partial charge in [-0.15, -0.1) is 0 Å². The van der Waals surface area contributed by atoms with Crippen molar-refractivity contribution in [2.24, 2.45) is 17.6 Å². The van der Waals surface area contributed by atoms with E-state index in [1.807, 2.05) is 18.2 Å². The molecule has 3 rings (SSSR count). The van der Waals surface area contributed by atoms with E-state index in [0.717, 1.165) is 43.1 Å². The SMILES string of the molecule is CC(C)COc1cc(CNCC2CCNC2)cc(CC(=O)c2cncc(C(N)=O)c2)c1. The number of nitrogens with one attached hydrogen (secondary N) is 2. The highest BCUT2D eigenvalue weighted by Crippen LogP contribution is 2.20. The summed E-state index contributed by atoms with van der Waals surface area (Å²) in [5.74, 6) is 1.11. The van der Waals surface area contributed by atoms with Gasteiger partial charge in [-0.25, -0.2) is 0 Å². The van der Waals surface area contributed by atoms with Crippen LogP contribution in [0.25, 0.3) is 0 Å². The molecule has 0 bridgehead atoms. The van der Waals surface area contributed by atoms with E-state index >= 15 is 0 Å². The molecule has 31 heavy (non-hydrogen) atoms. The minimum Gasteiger partial charge on any atom is -0.493 e. The molecule has 1 aromatic heterocycles. The van der Waals surface area contributed by atoms with Gasteiger partial charge in [0.15, 0.2) is 5.78 Å². The number of aromatic nitrogens is 1. The van der Waals surface area contributed by atoms with E-state index in [1.54, 1.807) is 0 Å². The van der Waals surface area contributed by atoms with E-state index in [9.17, 15) is 9.59 Å². The van der Waals surface area contributed by atoms with Gasteiger partial charge in [-0.2, -0.15) is 0 Å². The lowest BCUT2D eigenvalue weighted by Gasteiger charge is -2.14. The summed E-state index contributed by atoms with van der Waals surface area (Å²) in [6.45, 7) is 8.64. The number of benzene rings is 1. The number of Topliss-reactive ketones (excluding diaryl/α,β-unsaturated/α-hetero) is 1. The fraction of sp³-hybridized carbons (Fsp3) is 0.458. The molecule has 166 valence electrons. The summed E-state index contributed by atoms with van der Waals surface area (Å²) in [6, 6.07) is 7.47. The maximum Gasteiger partial charge on any atom is 0.250 e. The molecular formula is C24H32N4O3. The zero-order chi connectivity index (χ0) is 22.2. The Bertz CT molecular complexity index is 907. The maximum absolute atomic E-state index is 12.8. The molecule has 0 saturated carbocycles. The van der Waals surface area contributed by atoms with Crippen LogP contribution in [0.4, 0.5) is 0 Å². The van der Waals surface area contributed by atoms with E-state index in [2.05, 4.69) is 29.5 Å². The first kappa shape index (κ1) is 22.9. The van der Waals surface area contributed by atoms with E-state index in [-0.39, 0.29) is 17.8 Å². The Kier molecular flexibility index (Phi) is 8.14. The summed E-state index contributed by atoms with van der Waals surface area (Å²) >= 11 is 0. The first-order chi connectivity index (χ1) is 14.9. The molecule has 4 N–H and O–H groups in total. The Morgan fingerprint density at radius 1 is 1.19 bits per heavy atom. The molecule has 1 aliphatic rings. The fourth-order valence-electron chi connectivity index (χ4n) is 3.60. The highest BCUT2D eigenvalue weighted by Gasteiger charge is 2.15. The Labute approximate surface area is 183 Å². The number of hydrogen-bond acceptors (Lipinski definition) is 6. The van der Waals surface area contributed by atoms with Gasteiger partial charge in [0.05, 0.1) is 12.2 Å². The lowest BCUT2D eigenvalue weighted by atomic mass is 10.0. The van der Waals surface area contributed by atoms with Gasteiger partial charge in [0.25, 0.3) is 0 Å². The van der Waals surface area contributed by atoms with Crippen LogP contribution in [0.1, 0.15) is 52.1 Å². The molecule has 1 unspecified atom stereocenters. The van der Waals surface area contributed by atoms with Crippen LogP contribution in [0.15, 0.2) is 36.7 Å². The second-order valence-corrected chi connectivity index (χ2v) is 8.61. The van der Waals surface area contributed by atoms with Gasteiger partial charge in [-0.05, 0) is 67.2 Å². The number of carbonyl (C=O) groups excluding carboxylic acids is 2. The third kappa shape index (κ3) is 7.15. The molecule has 7 heteroatoms. The first-order valence-electron chi connectivity index (χ1n) is 10.9. The summed E-state index contributed by atoms with van der Waals surface area (Å²) in [7, 11) is 0. The van der Waals surface area contributed by atoms with Crippen LogP contribution in [0.2, 0.25) is 0 Å². The Morgan fingerprint density at radius 2 is 1.97 bits per heavy atom. The number of pyridine rings is 1. The van der Waals surface area contributed by atoms with Crippen molar-refractivity contribution in [3.8, 4) is 5.75 Å². The molecular weight excluding hydrogens is 392 g/mol. The molecule has 1 saturated heterocycles. The minimum absolute atomic E-state index is 0.118. The fourth-order valence-corrected chi connectivity index (χ4v) is 3.60. The van der Waals surface area contributed by atoms with Crippen molar-refractivity contribution in [3.63, 3.8) is 0 Å². The zero-order valence-corrected chi connectivity index (χ0v) is 18.3. The number of amides is 1. The monoisotopic (exact) mass is 424 g/mol. The standard InChI is InChI=1S/C24H32N4O3/c1-16(2)15-31-22-6-18(5-19(7-22)12-27-11-17-3-4-26-10-17)8-23(29)20-9-21(24(25)30)14-28-13-20/h5-7,9,13-14,16-17,26-27H,3-4,8,10-12,15H2,1-2H3,(H2,25,30). The molecule has 1 fully saturated rings. The van der Waals surface area contributed by atoms with Crippen LogP contribution in [0, 0.1) is 11.8 Å². The summed E-state index contributed by atoms with van der Waals surface area (Å²) in [5.41, 5.74) is 7.86. The molecule has 2 heterocycles. The van der Waals surface area contributed by atoms with Gasteiger partial charge in [0.1, 0.15) is 5.75 Å². The van der Waals surface area contributed by atoms with Crippen LogP contribution in [0.3, 0.4) is 0 Å². The quantitative estimate of drug-likeness (QED) is 0.478. The number of ketones is 1. The summed E-state index contributed by atoms with van der Waals surface area (Å²) in [4.78, 5) is 28.2. The van der Waals surface area contributed by atoms with Gasteiger partial charge >= 0.3 is 0 Å². The number of rotatable bonds is 11. The van der Waals surface area contributed by atoms with Crippen molar-refractivity contribution in [1.82, 2.24) is 15.6 Å². The first-order valence-corrected chi connectivity index (χ1v) is 10.9. The summed E-state index contributed by atoms with van der Waals surface area (Å²) in [6.07, 6.45) is 4.22. The number of nitrogens with zero attached hydrogens (tertiary/aromatic N) is 1. The number of carbonyl (C=O) groups is 2. The normalized spacial score (nSPS) is 15.9. The second-order valence-electron chi connectivity index (χ2n) is 8.61. The van der Waals surface area contributed by atoms with Crippen molar-refractivity contribution in [1.29, 1.82) is 0 Å². The van der Waals surface area contributed by atoms with E-state index in [1.165, 1.54) is 24.9 Å². The average molecular weight is 425 g/mol. The van der Waals surface area contributed by atoms with E-state index < -0.39 is 5.91 Å². The molecule has 0 aliphatic carbocycles. The van der Waals surface area contributed by atoms with Crippen molar-refractivity contribution < 1.29 is 14.3 Å². The molecule has 2 aromatic rings. The molecule has 0 spiro atoms. The van der Waals surface area contributed by atoms with Gasteiger partial charge < -0.3 is 21.1 Å². The number of hydrogen-bond donors (Lipinski definition) is 3. The Balaban J connectivity index is 1.71. The second kappa shape index (κ2) is 11.0. The minimum atomic E-state index is -0.600. The smallest absolute Gasteiger partial charge is 0.250 e. The van der Waals surface area contributed by atoms with E-state index in [4.69, 9.17) is 10.5 Å². The van der Waals surface area contributed by atoms with Gasteiger partial charge in [0.2, 0.25) is 5.91 Å². The molecule has 1 amide bonds. The number of primary amides is 1. The van der Waals surface area contributed by atoms with Crippen molar-refractivity contribution in [2.75, 3.05) is 26.2 Å². The van der Waals surface area contributed by atoms with Gasteiger partial charge in [0, 0.05) is 30.9 Å². The lowest BCUT2D eigenvalue weighted by molar-refractivity contribution is 0.0992. The van der Waals surface area contributed by atoms with Gasteiger partial charge in [-0.3, -0.25) is 14.6 Å². The van der Waals surface area contributed by atoms with E-state index in [0.29, 0.717) is 24.0 Å². The summed E-state index contributed by atoms with van der Waals surface area (Å²) in [5, 5.41) is 6.91. The Hall–Kier alpha value is -2.77. The topological polar surface area (TPSA) is 106 Å². The number of nitrogens with two attached hydrogens (primary N) is 1. The third-order valence-electron chi connectivity index (χ3n) is 5.24. The largest absolute Gasteiger partial charge is 0.493 e. The predicted molar refractivity (Wildman–Crippen MR) is 120 cm³/mol. The molecule has 1 atom stereocenters. The van der Waals surface area contributed by atoms with Crippen LogP contribution < -0.4 is 21.1 Å². The molecule has 7 nitrogen and oxygen atoms in total. The van der Waals surface area contributed by atoms with Crippen LogP contribution in [0.5, 0.6) is 5.75 Å². The van der Waals surface area contributed by atoms with Crippen molar-refractivity contribution >= 4 is 11.7 Å². The van der Waals surface area contributed by atoms with Crippen LogP contribution >= 0.6 is 0 Å². The van der Waals surface area contributed by atoms with Crippen molar-refractivity contribution in [3.05, 3.63) is 58.9 Å². The average Bonchev–Trinajstić information content (AvgIpc) is 3.26. The molecule has 1 aromatic carbocycles. The van der Waals surface area contributed by atoms with Crippen LogP contribution in [-0.4, -0.2) is 42.9 Å². The van der Waals surface area contributed by atoms with Crippen LogP contribution in [-0.2, 0) is 13.0 Å². The Morgan fingerprint density at radius 3 is 2.68 bits per heavy atom. The number of ether oxygens (including phenoxy) is 1. The zero-order valence-electron chi connectivity index (χ0n) is 18.3. The van der Waals surface area contributed by atoms with Gasteiger partial charge in [-0.1, -0.05) is 19.9 Å². The third-order valence-corrected chi connectivity index (χ3v) is 5.24. The lowest BCUT2D eigenvalue weighted by Crippen LogP contribution is -2.24.